The Balaban J connectivity index is 1.73. The van der Waals surface area contributed by atoms with Crippen LogP contribution in [0.5, 0.6) is 0 Å². The molecule has 3 aromatic carbocycles. The molecule has 2 aromatic heterocycles. The van der Waals surface area contributed by atoms with E-state index < -0.39 is 0 Å². The van der Waals surface area contributed by atoms with Gasteiger partial charge < -0.3 is 4.57 Å². The molecule has 0 spiro atoms. The van der Waals surface area contributed by atoms with Crippen molar-refractivity contribution in [1.82, 2.24) is 9.55 Å². The first kappa shape index (κ1) is 14.0. The molecule has 0 aliphatic carbocycles. The second-order valence-electron chi connectivity index (χ2n) is 6.16. The van der Waals surface area contributed by atoms with Gasteiger partial charge in [-0.1, -0.05) is 60.7 Å². The highest BCUT2D eigenvalue weighted by Crippen LogP contribution is 2.31. The van der Waals surface area contributed by atoms with Crippen molar-refractivity contribution in [2.24, 2.45) is 0 Å². The Morgan fingerprint density at radius 1 is 0.560 bits per heavy atom. The van der Waals surface area contributed by atoms with Crippen molar-refractivity contribution in [2.75, 3.05) is 0 Å². The molecular formula is C23H16N2. The summed E-state index contributed by atoms with van der Waals surface area (Å²) in [5.74, 6) is 0. The van der Waals surface area contributed by atoms with Gasteiger partial charge in [-0.15, -0.1) is 0 Å². The van der Waals surface area contributed by atoms with E-state index in [1.54, 1.807) is 0 Å². The number of pyridine rings is 1. The van der Waals surface area contributed by atoms with E-state index in [4.69, 9.17) is 0 Å². The Bertz CT molecular complexity index is 1120. The number of fused-ring (bicyclic) bond motifs is 3. The maximum absolute atomic E-state index is 4.34. The summed E-state index contributed by atoms with van der Waals surface area (Å²) in [6.07, 6.45) is 3.80. The number of nitrogens with zero attached hydrogens (tertiary/aromatic N) is 2. The van der Waals surface area contributed by atoms with Crippen molar-refractivity contribution in [3.05, 3.63) is 97.3 Å². The fraction of sp³-hybridized carbons (Fsp3) is 0. The number of hydrogen-bond donors (Lipinski definition) is 0. The van der Waals surface area contributed by atoms with Gasteiger partial charge in [-0.25, -0.2) is 0 Å². The van der Waals surface area contributed by atoms with E-state index in [2.05, 4.69) is 88.4 Å². The lowest BCUT2D eigenvalue weighted by atomic mass is 10.1. The largest absolute Gasteiger partial charge is 0.308 e. The van der Waals surface area contributed by atoms with E-state index in [1.807, 2.05) is 18.5 Å². The second kappa shape index (κ2) is 5.60. The predicted octanol–water partition coefficient (Wildman–Crippen LogP) is 5.85. The van der Waals surface area contributed by atoms with Crippen molar-refractivity contribution in [2.45, 2.75) is 0 Å². The van der Waals surface area contributed by atoms with Gasteiger partial charge in [0.15, 0.2) is 0 Å². The molecular weight excluding hydrogens is 304 g/mol. The molecule has 0 N–H and O–H groups in total. The zero-order chi connectivity index (χ0) is 16.6. The zero-order valence-corrected chi connectivity index (χ0v) is 13.6. The van der Waals surface area contributed by atoms with Crippen LogP contribution in [0.4, 0.5) is 0 Å². The molecule has 0 fully saturated rings. The van der Waals surface area contributed by atoms with Gasteiger partial charge in [-0.2, -0.15) is 0 Å². The van der Waals surface area contributed by atoms with Crippen molar-refractivity contribution >= 4 is 21.8 Å². The van der Waals surface area contributed by atoms with E-state index in [0.717, 1.165) is 11.2 Å². The highest BCUT2D eigenvalue weighted by Gasteiger charge is 2.11. The monoisotopic (exact) mass is 320 g/mol. The zero-order valence-electron chi connectivity index (χ0n) is 13.6. The van der Waals surface area contributed by atoms with E-state index in [-0.39, 0.29) is 0 Å². The predicted molar refractivity (Wildman–Crippen MR) is 104 cm³/mol. The molecule has 2 heteroatoms. The summed E-state index contributed by atoms with van der Waals surface area (Å²) in [7, 11) is 0. The van der Waals surface area contributed by atoms with Crippen molar-refractivity contribution < 1.29 is 0 Å². The average molecular weight is 320 g/mol. The third kappa shape index (κ3) is 2.23. The Labute approximate surface area is 146 Å². The summed E-state index contributed by atoms with van der Waals surface area (Å²) < 4.78 is 2.28. The number of rotatable bonds is 2. The van der Waals surface area contributed by atoms with E-state index in [9.17, 15) is 0 Å². The maximum atomic E-state index is 4.34. The van der Waals surface area contributed by atoms with Gasteiger partial charge in [0.2, 0.25) is 0 Å². The number of hydrogen-bond acceptors (Lipinski definition) is 1. The van der Waals surface area contributed by atoms with E-state index in [1.165, 1.54) is 27.4 Å². The molecule has 25 heavy (non-hydrogen) atoms. The van der Waals surface area contributed by atoms with Crippen LogP contribution in [0.15, 0.2) is 97.3 Å². The second-order valence-corrected chi connectivity index (χ2v) is 6.16. The van der Waals surface area contributed by atoms with Gasteiger partial charge >= 0.3 is 0 Å². The van der Waals surface area contributed by atoms with Gasteiger partial charge in [0, 0.05) is 22.7 Å². The van der Waals surface area contributed by atoms with Crippen LogP contribution >= 0.6 is 0 Å². The first-order chi connectivity index (χ1) is 12.4. The third-order valence-corrected chi connectivity index (χ3v) is 4.71. The van der Waals surface area contributed by atoms with Crippen LogP contribution in [-0.2, 0) is 0 Å². The van der Waals surface area contributed by atoms with Crippen LogP contribution in [0, 0.1) is 0 Å². The molecule has 0 atom stereocenters. The molecule has 0 amide bonds. The summed E-state index contributed by atoms with van der Waals surface area (Å²) in [5, 5.41) is 2.49. The van der Waals surface area contributed by atoms with Gasteiger partial charge in [0.05, 0.1) is 17.2 Å². The minimum absolute atomic E-state index is 1.14. The Hall–Kier alpha value is -3.39. The molecule has 0 aliphatic heterocycles. The fourth-order valence-electron chi connectivity index (χ4n) is 3.53. The molecule has 5 aromatic rings. The van der Waals surface area contributed by atoms with E-state index >= 15 is 0 Å². The highest BCUT2D eigenvalue weighted by molar-refractivity contribution is 6.08. The van der Waals surface area contributed by atoms with Gasteiger partial charge in [0.1, 0.15) is 0 Å². The molecule has 0 unspecified atom stereocenters. The highest BCUT2D eigenvalue weighted by atomic mass is 15.0. The van der Waals surface area contributed by atoms with Gasteiger partial charge in [0.25, 0.3) is 0 Å². The minimum Gasteiger partial charge on any atom is -0.308 e. The van der Waals surface area contributed by atoms with Crippen LogP contribution in [0.1, 0.15) is 0 Å². The Kier molecular flexibility index (Phi) is 3.14. The maximum Gasteiger partial charge on any atom is 0.0724 e. The van der Waals surface area contributed by atoms with Crippen molar-refractivity contribution in [3.63, 3.8) is 0 Å². The number of aromatic nitrogens is 2. The van der Waals surface area contributed by atoms with Gasteiger partial charge in [-0.3, -0.25) is 4.98 Å². The lowest BCUT2D eigenvalue weighted by molar-refractivity contribution is 1.17. The van der Waals surface area contributed by atoms with Crippen LogP contribution < -0.4 is 0 Å². The summed E-state index contributed by atoms with van der Waals surface area (Å²) in [5.41, 5.74) is 5.95. The molecule has 0 radical (unpaired) electrons. The normalized spacial score (nSPS) is 11.2. The summed E-state index contributed by atoms with van der Waals surface area (Å²) in [6.45, 7) is 0. The first-order valence-corrected chi connectivity index (χ1v) is 8.41. The molecule has 0 bridgehead atoms. The third-order valence-electron chi connectivity index (χ3n) is 4.71. The lowest BCUT2D eigenvalue weighted by Crippen LogP contribution is -1.93. The Morgan fingerprint density at radius 3 is 2.08 bits per heavy atom. The van der Waals surface area contributed by atoms with Crippen LogP contribution in [-0.4, -0.2) is 9.55 Å². The van der Waals surface area contributed by atoms with Gasteiger partial charge in [-0.05, 0) is 35.4 Å². The number of benzene rings is 3. The van der Waals surface area contributed by atoms with Crippen molar-refractivity contribution in [3.8, 4) is 16.8 Å². The smallest absolute Gasteiger partial charge is 0.0724 e. The molecule has 5 rings (SSSR count). The Morgan fingerprint density at radius 2 is 1.24 bits per heavy atom. The lowest BCUT2D eigenvalue weighted by Gasteiger charge is -2.09. The summed E-state index contributed by atoms with van der Waals surface area (Å²) in [4.78, 5) is 4.34. The topological polar surface area (TPSA) is 17.8 Å². The van der Waals surface area contributed by atoms with Crippen molar-refractivity contribution in [1.29, 1.82) is 0 Å². The molecule has 118 valence electrons. The fourth-order valence-corrected chi connectivity index (χ4v) is 3.53. The number of para-hydroxylation sites is 1. The molecule has 0 saturated heterocycles. The molecule has 0 aliphatic rings. The summed E-state index contributed by atoms with van der Waals surface area (Å²) in [6, 6.07) is 29.8. The van der Waals surface area contributed by atoms with Crippen LogP contribution in [0.2, 0.25) is 0 Å². The molecule has 2 heterocycles. The minimum atomic E-state index is 1.14. The first-order valence-electron chi connectivity index (χ1n) is 8.41. The van der Waals surface area contributed by atoms with Crippen LogP contribution in [0.3, 0.4) is 0 Å². The SMILES string of the molecule is c1ccc(-c2ccc(-n3c4ccccc4c4ccncc43)cc2)cc1. The standard InChI is InChI=1S/C23H16N2/c1-2-6-17(7-3-1)18-10-12-19(13-11-18)25-22-9-5-4-8-20(22)21-14-15-24-16-23(21)25/h1-16H. The summed E-state index contributed by atoms with van der Waals surface area (Å²) >= 11 is 0. The average Bonchev–Trinajstić information content (AvgIpc) is 3.03. The van der Waals surface area contributed by atoms with Crippen LogP contribution in [0.25, 0.3) is 38.6 Å². The molecule has 0 saturated carbocycles. The quantitative estimate of drug-likeness (QED) is 0.399. The van der Waals surface area contributed by atoms with E-state index in [0.29, 0.717) is 0 Å². The molecule has 2 nitrogen and oxygen atoms in total.